The first-order valence-electron chi connectivity index (χ1n) is 15.5. The number of rotatable bonds is 7. The van der Waals surface area contributed by atoms with Crippen molar-refractivity contribution in [1.29, 1.82) is 0 Å². The maximum atomic E-state index is 14.0. The first-order valence-corrected chi connectivity index (χ1v) is 15.5. The lowest BCUT2D eigenvalue weighted by Crippen LogP contribution is -2.52. The smallest absolute Gasteiger partial charge is 0.252 e. The number of ketones is 1. The van der Waals surface area contributed by atoms with Crippen LogP contribution in [0.2, 0.25) is 0 Å². The van der Waals surface area contributed by atoms with E-state index in [1.54, 1.807) is 6.07 Å². The zero-order chi connectivity index (χ0) is 30.6. The first-order chi connectivity index (χ1) is 21.3. The van der Waals surface area contributed by atoms with E-state index in [0.717, 1.165) is 53.0 Å². The third kappa shape index (κ3) is 4.64. The largest absolute Gasteiger partial charge is 0.342 e. The highest BCUT2D eigenvalue weighted by Crippen LogP contribution is 2.45. The van der Waals surface area contributed by atoms with Crippen molar-refractivity contribution in [1.82, 2.24) is 24.4 Å². The van der Waals surface area contributed by atoms with Crippen LogP contribution < -0.4 is 5.32 Å². The number of benzene rings is 2. The molecule has 1 N–H and O–H groups in total. The van der Waals surface area contributed by atoms with Crippen LogP contribution in [0.5, 0.6) is 0 Å². The maximum Gasteiger partial charge on any atom is 0.252 e. The molecule has 2 aliphatic rings. The van der Waals surface area contributed by atoms with Crippen molar-refractivity contribution in [2.45, 2.75) is 63.3 Å². The fraction of sp³-hybridized carbons (Fsp3) is 0.333. The monoisotopic (exact) mass is 589 g/mol. The number of amides is 1. The second-order valence-corrected chi connectivity index (χ2v) is 12.4. The molecule has 0 bridgehead atoms. The number of carbonyl (C=O) groups is 2. The van der Waals surface area contributed by atoms with Crippen LogP contribution in [0.25, 0.3) is 39.4 Å². The predicted molar refractivity (Wildman–Crippen MR) is 171 cm³/mol. The maximum absolute atomic E-state index is 14.0. The van der Waals surface area contributed by atoms with Gasteiger partial charge in [0, 0.05) is 43.7 Å². The van der Waals surface area contributed by atoms with Crippen LogP contribution in [-0.2, 0) is 24.4 Å². The second-order valence-electron chi connectivity index (χ2n) is 12.4. The highest BCUT2D eigenvalue weighted by atomic mass is 19.1. The van der Waals surface area contributed by atoms with Gasteiger partial charge in [-0.3, -0.25) is 14.6 Å². The number of nitrogens with one attached hydrogen (secondary N) is 1. The van der Waals surface area contributed by atoms with E-state index in [1.807, 2.05) is 54.2 Å². The summed E-state index contributed by atoms with van der Waals surface area (Å²) in [6.07, 6.45) is 10.4. The average molecular weight is 590 g/mol. The number of hydrogen-bond donors (Lipinski definition) is 1. The summed E-state index contributed by atoms with van der Waals surface area (Å²) in [6, 6.07) is 17.5. The van der Waals surface area contributed by atoms with Gasteiger partial charge in [-0.2, -0.15) is 0 Å². The summed E-state index contributed by atoms with van der Waals surface area (Å²) in [7, 11) is 4.00. The van der Waals surface area contributed by atoms with Gasteiger partial charge in [0.1, 0.15) is 5.82 Å². The van der Waals surface area contributed by atoms with Gasteiger partial charge in [-0.15, -0.1) is 0 Å². The Morgan fingerprint density at radius 2 is 1.77 bits per heavy atom. The molecule has 0 radical (unpaired) electrons. The molecular formula is C36H36FN5O2. The number of halogens is 1. The topological polar surface area (TPSA) is 81.8 Å². The molecular weight excluding hydrogens is 553 g/mol. The van der Waals surface area contributed by atoms with E-state index in [0.29, 0.717) is 17.0 Å². The van der Waals surface area contributed by atoms with E-state index >= 15 is 0 Å². The summed E-state index contributed by atoms with van der Waals surface area (Å²) < 4.78 is 18.2. The van der Waals surface area contributed by atoms with Gasteiger partial charge in [0.05, 0.1) is 28.0 Å². The van der Waals surface area contributed by atoms with Crippen LogP contribution >= 0.6 is 0 Å². The quantitative estimate of drug-likeness (QED) is 0.199. The Morgan fingerprint density at radius 3 is 2.45 bits per heavy atom. The molecule has 0 saturated heterocycles. The van der Waals surface area contributed by atoms with Crippen molar-refractivity contribution in [3.63, 3.8) is 0 Å². The summed E-state index contributed by atoms with van der Waals surface area (Å²) in [5.74, 6) is -0.258. The number of pyridine rings is 1. The van der Waals surface area contributed by atoms with Gasteiger partial charge in [-0.05, 0) is 91.6 Å². The Balaban J connectivity index is 1.24. The van der Waals surface area contributed by atoms with Crippen LogP contribution in [0.1, 0.15) is 85.1 Å². The average Bonchev–Trinajstić information content (AvgIpc) is 3.72. The summed E-state index contributed by atoms with van der Waals surface area (Å²) in [5, 5.41) is 4.55. The fourth-order valence-electron chi connectivity index (χ4n) is 7.24. The third-order valence-electron chi connectivity index (χ3n) is 9.70. The molecule has 0 aliphatic heterocycles. The van der Waals surface area contributed by atoms with Crippen molar-refractivity contribution in [2.75, 3.05) is 0 Å². The number of nitrogens with zero attached hydrogens (tertiary/aromatic N) is 4. The number of fused-ring (bicyclic) bond motifs is 2. The molecule has 7 rings (SSSR count). The third-order valence-corrected chi connectivity index (χ3v) is 9.70. The molecule has 0 atom stereocenters. The van der Waals surface area contributed by atoms with E-state index < -0.39 is 17.1 Å². The van der Waals surface area contributed by atoms with Crippen molar-refractivity contribution in [3.05, 3.63) is 89.1 Å². The minimum atomic E-state index is -0.785. The van der Waals surface area contributed by atoms with Gasteiger partial charge in [0.25, 0.3) is 5.91 Å². The number of aromatic nitrogens is 4. The summed E-state index contributed by atoms with van der Waals surface area (Å²) in [4.78, 5) is 34.9. The number of imidazole rings is 1. The minimum Gasteiger partial charge on any atom is -0.342 e. The zero-order valence-corrected chi connectivity index (χ0v) is 25.4. The summed E-state index contributed by atoms with van der Waals surface area (Å²) >= 11 is 0. The Kier molecular flexibility index (Phi) is 6.95. The molecule has 2 aromatic carbocycles. The molecule has 2 saturated carbocycles. The lowest BCUT2D eigenvalue weighted by Gasteiger charge is -2.41. The van der Waals surface area contributed by atoms with E-state index in [9.17, 15) is 14.0 Å². The Hall–Kier alpha value is -4.59. The van der Waals surface area contributed by atoms with Gasteiger partial charge in [0.15, 0.2) is 11.6 Å². The molecule has 3 aromatic heterocycles. The summed E-state index contributed by atoms with van der Waals surface area (Å²) in [6.45, 7) is 1.21. The molecule has 224 valence electrons. The van der Waals surface area contributed by atoms with Gasteiger partial charge >= 0.3 is 0 Å². The molecule has 0 spiro atoms. The molecule has 0 unspecified atom stereocenters. The summed E-state index contributed by atoms with van der Waals surface area (Å²) in [5.41, 5.74) is 6.65. The van der Waals surface area contributed by atoms with Crippen LogP contribution in [0.3, 0.4) is 0 Å². The van der Waals surface area contributed by atoms with Gasteiger partial charge in [-0.1, -0.05) is 31.0 Å². The standard InChI is InChI=1S/C36H36FN5O2/c1-22(43)27(37)19-23-12-15-28-31(20-23)42(3)35(39-28)36(16-8-17-36)40-34(44)25-13-14-26-30(21-25)41(2)33(29-11-6-7-18-38-29)32(26)24-9-4-5-10-24/h6-7,11-15,18-21,24H,4-5,8-10,16-17H2,1-3H3,(H,40,44)/b27-19-. The van der Waals surface area contributed by atoms with Crippen molar-refractivity contribution in [3.8, 4) is 11.4 Å². The minimum absolute atomic E-state index is 0.131. The van der Waals surface area contributed by atoms with E-state index in [1.165, 1.54) is 49.6 Å². The number of carbonyl (C=O) groups excluding carboxylic acids is 2. The van der Waals surface area contributed by atoms with Gasteiger partial charge < -0.3 is 14.5 Å². The molecule has 2 fully saturated rings. The SMILES string of the molecule is CC(=O)/C(F)=C/c1ccc2nc(C3(NC(=O)c4ccc5c(C6CCCC6)c(-c6ccccn6)n(C)c5c4)CCC3)n(C)c2c1. The fourth-order valence-corrected chi connectivity index (χ4v) is 7.24. The Morgan fingerprint density at radius 1 is 0.977 bits per heavy atom. The van der Waals surface area contributed by atoms with Crippen molar-refractivity contribution >= 4 is 39.7 Å². The molecule has 8 heteroatoms. The highest BCUT2D eigenvalue weighted by Gasteiger charge is 2.44. The van der Waals surface area contributed by atoms with Crippen LogP contribution in [-0.4, -0.2) is 30.8 Å². The Labute approximate surface area is 255 Å². The van der Waals surface area contributed by atoms with Gasteiger partial charge in [0.2, 0.25) is 0 Å². The van der Waals surface area contributed by atoms with E-state index in [2.05, 4.69) is 29.1 Å². The molecule has 7 nitrogen and oxygen atoms in total. The normalized spacial score (nSPS) is 16.9. The highest BCUT2D eigenvalue weighted by molar-refractivity contribution is 6.01. The van der Waals surface area contributed by atoms with Crippen molar-refractivity contribution < 1.29 is 14.0 Å². The second kappa shape index (κ2) is 10.8. The van der Waals surface area contributed by atoms with Crippen LogP contribution in [0.15, 0.2) is 66.6 Å². The molecule has 1 amide bonds. The number of hydrogen-bond acceptors (Lipinski definition) is 4. The number of Topliss-reactive ketones (excluding diaryl/α,β-unsaturated/α-hetero) is 1. The van der Waals surface area contributed by atoms with E-state index in [-0.39, 0.29) is 5.91 Å². The lowest BCUT2D eigenvalue weighted by atomic mass is 9.75. The van der Waals surface area contributed by atoms with Gasteiger partial charge in [-0.25, -0.2) is 9.37 Å². The molecule has 5 aromatic rings. The zero-order valence-electron chi connectivity index (χ0n) is 25.4. The molecule has 44 heavy (non-hydrogen) atoms. The Bertz CT molecular complexity index is 1960. The molecule has 3 heterocycles. The lowest BCUT2D eigenvalue weighted by molar-refractivity contribution is -0.114. The van der Waals surface area contributed by atoms with E-state index in [4.69, 9.17) is 9.97 Å². The first kappa shape index (κ1) is 28.2. The van der Waals surface area contributed by atoms with Crippen LogP contribution in [0.4, 0.5) is 4.39 Å². The molecule has 2 aliphatic carbocycles. The van der Waals surface area contributed by atoms with Crippen LogP contribution in [0, 0.1) is 0 Å². The number of allylic oxidation sites excluding steroid dienone is 1. The number of aryl methyl sites for hydroxylation is 2. The predicted octanol–water partition coefficient (Wildman–Crippen LogP) is 7.49. The van der Waals surface area contributed by atoms with Crippen molar-refractivity contribution in [2.24, 2.45) is 14.1 Å².